The molecule has 0 aliphatic heterocycles. The van der Waals surface area contributed by atoms with Crippen LogP contribution in [-0.4, -0.2) is 11.8 Å². The first-order valence-corrected chi connectivity index (χ1v) is 7.63. The molecule has 0 aliphatic carbocycles. The summed E-state index contributed by atoms with van der Waals surface area (Å²) in [5, 5.41) is 14.0. The van der Waals surface area contributed by atoms with Gasteiger partial charge in [-0.25, -0.2) is 0 Å². The summed E-state index contributed by atoms with van der Waals surface area (Å²) in [6.45, 7) is 1.87. The van der Waals surface area contributed by atoms with Crippen LogP contribution < -0.4 is 10.6 Å². The molecule has 0 saturated heterocycles. The van der Waals surface area contributed by atoms with E-state index in [1.807, 2.05) is 25.1 Å². The first kappa shape index (κ1) is 16.7. The zero-order valence-electron chi connectivity index (χ0n) is 12.4. The van der Waals surface area contributed by atoms with Crippen LogP contribution in [0.15, 0.2) is 46.9 Å². The van der Waals surface area contributed by atoms with Crippen LogP contribution in [0.4, 0.5) is 11.4 Å². The minimum Gasteiger partial charge on any atom is -0.326 e. The summed E-state index contributed by atoms with van der Waals surface area (Å²) in [6, 6.07) is 13.9. The fourth-order valence-corrected chi connectivity index (χ4v) is 2.42. The molecular formula is C17H14BrN3O2. The lowest BCUT2D eigenvalue weighted by molar-refractivity contribution is -0.123. The highest BCUT2D eigenvalue weighted by molar-refractivity contribution is 9.10. The van der Waals surface area contributed by atoms with Gasteiger partial charge in [0.2, 0.25) is 11.8 Å². The molecule has 2 aromatic rings. The Kier molecular flexibility index (Phi) is 5.50. The molecule has 0 atom stereocenters. The SMILES string of the molecule is Cc1cc(Br)ccc1NC(=O)CC(=O)Nc1ccc(C#N)cc1. The molecule has 2 amide bonds. The normalized spacial score (nSPS) is 9.78. The Balaban J connectivity index is 1.91. The molecule has 0 radical (unpaired) electrons. The van der Waals surface area contributed by atoms with E-state index in [0.29, 0.717) is 16.9 Å². The number of halogens is 1. The first-order chi connectivity index (χ1) is 11.0. The number of hydrogen-bond acceptors (Lipinski definition) is 3. The third-order valence-corrected chi connectivity index (χ3v) is 3.57. The molecule has 2 N–H and O–H groups in total. The number of nitrogens with zero attached hydrogens (tertiary/aromatic N) is 1. The van der Waals surface area contributed by atoms with E-state index < -0.39 is 5.91 Å². The van der Waals surface area contributed by atoms with Crippen LogP contribution in [0, 0.1) is 18.3 Å². The number of nitrogens with one attached hydrogen (secondary N) is 2. The molecule has 0 unspecified atom stereocenters. The van der Waals surface area contributed by atoms with E-state index in [1.54, 1.807) is 30.3 Å². The molecular weight excluding hydrogens is 358 g/mol. The Morgan fingerprint density at radius 3 is 2.35 bits per heavy atom. The quantitative estimate of drug-likeness (QED) is 0.805. The minimum atomic E-state index is -0.415. The van der Waals surface area contributed by atoms with Gasteiger partial charge >= 0.3 is 0 Å². The van der Waals surface area contributed by atoms with Gasteiger partial charge < -0.3 is 10.6 Å². The number of anilines is 2. The van der Waals surface area contributed by atoms with Crippen molar-refractivity contribution in [1.29, 1.82) is 5.26 Å². The van der Waals surface area contributed by atoms with Crippen LogP contribution >= 0.6 is 15.9 Å². The summed E-state index contributed by atoms with van der Waals surface area (Å²) in [6.07, 6.45) is -0.282. The van der Waals surface area contributed by atoms with Gasteiger partial charge in [0.1, 0.15) is 6.42 Å². The Labute approximate surface area is 142 Å². The number of carbonyl (C=O) groups is 2. The van der Waals surface area contributed by atoms with Crippen molar-refractivity contribution in [1.82, 2.24) is 0 Å². The van der Waals surface area contributed by atoms with Crippen molar-refractivity contribution in [3.05, 3.63) is 58.1 Å². The van der Waals surface area contributed by atoms with Crippen molar-refractivity contribution in [2.45, 2.75) is 13.3 Å². The number of carbonyl (C=O) groups excluding carboxylic acids is 2. The molecule has 0 heterocycles. The molecule has 23 heavy (non-hydrogen) atoms. The van der Waals surface area contributed by atoms with Gasteiger partial charge in [0.15, 0.2) is 0 Å². The third kappa shape index (κ3) is 4.94. The Morgan fingerprint density at radius 2 is 1.74 bits per heavy atom. The average Bonchev–Trinajstić information content (AvgIpc) is 2.50. The number of amides is 2. The maximum Gasteiger partial charge on any atom is 0.233 e. The van der Waals surface area contributed by atoms with Crippen LogP contribution in [0.25, 0.3) is 0 Å². The van der Waals surface area contributed by atoms with Crippen LogP contribution in [0.1, 0.15) is 17.5 Å². The zero-order chi connectivity index (χ0) is 16.8. The van der Waals surface area contributed by atoms with Crippen LogP contribution in [-0.2, 0) is 9.59 Å². The number of nitriles is 1. The maximum absolute atomic E-state index is 11.9. The molecule has 5 nitrogen and oxygen atoms in total. The number of rotatable bonds is 4. The standard InChI is InChI=1S/C17H14BrN3O2/c1-11-8-13(18)4-7-15(11)21-17(23)9-16(22)20-14-5-2-12(10-19)3-6-14/h2-8H,9H2,1H3,(H,20,22)(H,21,23). The average molecular weight is 372 g/mol. The maximum atomic E-state index is 11.9. The lowest BCUT2D eigenvalue weighted by atomic mass is 10.2. The third-order valence-electron chi connectivity index (χ3n) is 3.08. The highest BCUT2D eigenvalue weighted by Crippen LogP contribution is 2.20. The number of hydrogen-bond donors (Lipinski definition) is 2. The topological polar surface area (TPSA) is 82.0 Å². The minimum absolute atomic E-state index is 0.282. The fourth-order valence-electron chi connectivity index (χ4n) is 1.94. The smallest absolute Gasteiger partial charge is 0.233 e. The van der Waals surface area contributed by atoms with Crippen LogP contribution in [0.5, 0.6) is 0 Å². The van der Waals surface area contributed by atoms with Gasteiger partial charge in [-0.2, -0.15) is 5.26 Å². The highest BCUT2D eigenvalue weighted by Gasteiger charge is 2.11. The molecule has 2 rings (SSSR count). The van der Waals surface area contributed by atoms with E-state index in [4.69, 9.17) is 5.26 Å². The molecule has 116 valence electrons. The van der Waals surface area contributed by atoms with E-state index in [9.17, 15) is 9.59 Å². The Bertz CT molecular complexity index is 779. The van der Waals surface area contributed by atoms with Gasteiger partial charge in [-0.05, 0) is 55.0 Å². The second kappa shape index (κ2) is 7.56. The van der Waals surface area contributed by atoms with Crippen LogP contribution in [0.3, 0.4) is 0 Å². The van der Waals surface area contributed by atoms with Crippen molar-refractivity contribution in [2.75, 3.05) is 10.6 Å². The predicted molar refractivity (Wildman–Crippen MR) is 91.9 cm³/mol. The molecule has 0 saturated carbocycles. The fraction of sp³-hybridized carbons (Fsp3) is 0.118. The summed E-state index contributed by atoms with van der Waals surface area (Å²) < 4.78 is 0.923. The Hall–Kier alpha value is -2.65. The molecule has 0 fully saturated rings. The van der Waals surface area contributed by atoms with E-state index >= 15 is 0 Å². The summed E-state index contributed by atoms with van der Waals surface area (Å²) in [7, 11) is 0. The van der Waals surface area contributed by atoms with Gasteiger partial charge in [-0.3, -0.25) is 9.59 Å². The second-order valence-corrected chi connectivity index (χ2v) is 5.84. The van der Waals surface area contributed by atoms with Crippen LogP contribution in [0.2, 0.25) is 0 Å². The van der Waals surface area contributed by atoms with E-state index in [-0.39, 0.29) is 12.3 Å². The molecule has 2 aromatic carbocycles. The summed E-state index contributed by atoms with van der Waals surface area (Å²) in [5.41, 5.74) is 2.62. The largest absolute Gasteiger partial charge is 0.326 e. The van der Waals surface area contributed by atoms with Gasteiger partial charge in [0, 0.05) is 15.8 Å². The van der Waals surface area contributed by atoms with E-state index in [0.717, 1.165) is 10.0 Å². The van der Waals surface area contributed by atoms with Gasteiger partial charge in [0.25, 0.3) is 0 Å². The monoisotopic (exact) mass is 371 g/mol. The molecule has 0 aliphatic rings. The van der Waals surface area contributed by atoms with E-state index in [1.165, 1.54) is 0 Å². The van der Waals surface area contributed by atoms with Gasteiger partial charge in [-0.15, -0.1) is 0 Å². The van der Waals surface area contributed by atoms with Gasteiger partial charge in [0.05, 0.1) is 11.6 Å². The molecule has 0 aromatic heterocycles. The summed E-state index contributed by atoms with van der Waals surface area (Å²) in [4.78, 5) is 23.8. The lowest BCUT2D eigenvalue weighted by Crippen LogP contribution is -2.21. The summed E-state index contributed by atoms with van der Waals surface area (Å²) in [5.74, 6) is -0.802. The highest BCUT2D eigenvalue weighted by atomic mass is 79.9. The van der Waals surface area contributed by atoms with Crippen molar-refractivity contribution in [3.63, 3.8) is 0 Å². The Morgan fingerprint density at radius 1 is 1.09 bits per heavy atom. The van der Waals surface area contributed by atoms with Crippen molar-refractivity contribution >= 4 is 39.1 Å². The lowest BCUT2D eigenvalue weighted by Gasteiger charge is -2.09. The first-order valence-electron chi connectivity index (χ1n) is 6.84. The second-order valence-electron chi connectivity index (χ2n) is 4.92. The van der Waals surface area contributed by atoms with E-state index in [2.05, 4.69) is 26.6 Å². The molecule has 0 spiro atoms. The predicted octanol–water partition coefficient (Wildman–Crippen LogP) is 3.60. The number of aryl methyl sites for hydroxylation is 1. The zero-order valence-corrected chi connectivity index (χ0v) is 14.0. The van der Waals surface area contributed by atoms with Crippen molar-refractivity contribution < 1.29 is 9.59 Å². The number of benzene rings is 2. The van der Waals surface area contributed by atoms with Gasteiger partial charge in [-0.1, -0.05) is 15.9 Å². The summed E-state index contributed by atoms with van der Waals surface area (Å²) >= 11 is 3.35. The molecule has 6 heteroatoms. The van der Waals surface area contributed by atoms with Crippen molar-refractivity contribution in [2.24, 2.45) is 0 Å². The van der Waals surface area contributed by atoms with Crippen molar-refractivity contribution in [3.8, 4) is 6.07 Å². The molecule has 0 bridgehead atoms.